The average molecular weight is 341 g/mol. The second kappa shape index (κ2) is 6.61. The maximum absolute atomic E-state index is 12.0. The Bertz CT molecular complexity index is 522. The number of esters is 1. The summed E-state index contributed by atoms with van der Waals surface area (Å²) in [4.78, 5) is 35.3. The highest BCUT2D eigenvalue weighted by Gasteiger charge is 2.57. The second-order valence-corrected chi connectivity index (χ2v) is 7.91. The number of amides is 1. The van der Waals surface area contributed by atoms with Crippen LogP contribution in [0.25, 0.3) is 0 Å². The summed E-state index contributed by atoms with van der Waals surface area (Å²) in [6, 6.07) is -0.298. The van der Waals surface area contributed by atoms with Crippen LogP contribution in [-0.4, -0.2) is 40.9 Å². The van der Waals surface area contributed by atoms with Gasteiger partial charge in [-0.1, -0.05) is 0 Å². The molecule has 24 heavy (non-hydrogen) atoms. The van der Waals surface area contributed by atoms with Gasteiger partial charge in [0.15, 0.2) is 0 Å². The number of alkyl carbamates (subject to hydrolysis) is 1. The lowest BCUT2D eigenvalue weighted by Crippen LogP contribution is -2.46. The van der Waals surface area contributed by atoms with E-state index in [1.165, 1.54) is 6.92 Å². The second-order valence-electron chi connectivity index (χ2n) is 7.91. The molecular formula is C17H27NO6. The van der Waals surface area contributed by atoms with E-state index < -0.39 is 35.2 Å². The van der Waals surface area contributed by atoms with Gasteiger partial charge >= 0.3 is 18.0 Å². The van der Waals surface area contributed by atoms with E-state index in [0.29, 0.717) is 12.8 Å². The van der Waals surface area contributed by atoms with Gasteiger partial charge in [0.1, 0.15) is 17.1 Å². The molecule has 2 N–H and O–H groups in total. The van der Waals surface area contributed by atoms with Crippen LogP contribution in [0.15, 0.2) is 0 Å². The van der Waals surface area contributed by atoms with Crippen molar-refractivity contribution in [3.8, 4) is 0 Å². The lowest BCUT2D eigenvalue weighted by Gasteiger charge is -2.33. The van der Waals surface area contributed by atoms with Crippen LogP contribution in [0.5, 0.6) is 0 Å². The molecule has 0 radical (unpaired) electrons. The number of hydrogen-bond donors (Lipinski definition) is 2. The molecule has 0 aromatic heterocycles. The van der Waals surface area contributed by atoms with E-state index in [1.54, 1.807) is 20.8 Å². The van der Waals surface area contributed by atoms with E-state index in [4.69, 9.17) is 9.47 Å². The van der Waals surface area contributed by atoms with Crippen LogP contribution in [0.4, 0.5) is 4.79 Å². The molecule has 7 heteroatoms. The van der Waals surface area contributed by atoms with Crippen molar-refractivity contribution in [3.05, 3.63) is 0 Å². The van der Waals surface area contributed by atoms with Crippen LogP contribution in [0.3, 0.4) is 0 Å². The van der Waals surface area contributed by atoms with Gasteiger partial charge in [-0.05, 0) is 58.8 Å². The zero-order valence-corrected chi connectivity index (χ0v) is 14.8. The largest absolute Gasteiger partial charge is 0.481 e. The summed E-state index contributed by atoms with van der Waals surface area (Å²) in [7, 11) is 0. The fourth-order valence-corrected chi connectivity index (χ4v) is 3.49. The molecule has 0 bridgehead atoms. The van der Waals surface area contributed by atoms with Gasteiger partial charge < -0.3 is 19.9 Å². The number of carbonyl (C=O) groups is 3. The van der Waals surface area contributed by atoms with E-state index >= 15 is 0 Å². The SMILES string of the molecule is CC(=O)OC(C1CC1)[C@]1(C(=O)O)CC[C@@H](NC(=O)OC(C)(C)C)C1. The summed E-state index contributed by atoms with van der Waals surface area (Å²) in [5.41, 5.74) is -1.74. The molecule has 0 aliphatic heterocycles. The molecule has 0 aromatic carbocycles. The van der Waals surface area contributed by atoms with Crippen molar-refractivity contribution in [3.63, 3.8) is 0 Å². The molecule has 2 aliphatic rings. The van der Waals surface area contributed by atoms with E-state index in [0.717, 1.165) is 12.8 Å². The summed E-state index contributed by atoms with van der Waals surface area (Å²) in [5, 5.41) is 12.6. The standard InChI is InChI=1S/C17H27NO6/c1-10(19)23-13(11-5-6-11)17(14(20)21)8-7-12(9-17)18-15(22)24-16(2,3)4/h11-13H,5-9H2,1-4H3,(H,18,22)(H,20,21)/t12-,13?,17+/m1/s1. The van der Waals surface area contributed by atoms with Crippen molar-refractivity contribution in [1.82, 2.24) is 5.32 Å². The summed E-state index contributed by atoms with van der Waals surface area (Å²) < 4.78 is 10.6. The summed E-state index contributed by atoms with van der Waals surface area (Å²) in [5.74, 6) is -1.32. The van der Waals surface area contributed by atoms with E-state index in [-0.39, 0.29) is 18.4 Å². The highest BCUT2D eigenvalue weighted by atomic mass is 16.6. The minimum atomic E-state index is -1.13. The predicted molar refractivity (Wildman–Crippen MR) is 85.4 cm³/mol. The third-order valence-electron chi connectivity index (χ3n) is 4.58. The van der Waals surface area contributed by atoms with Gasteiger partial charge in [-0.25, -0.2) is 4.79 Å². The molecule has 2 aliphatic carbocycles. The Morgan fingerprint density at radius 1 is 1.21 bits per heavy atom. The predicted octanol–water partition coefficient (Wildman–Crippen LogP) is 2.48. The number of rotatable bonds is 5. The molecule has 0 saturated heterocycles. The highest BCUT2D eigenvalue weighted by Crippen LogP contribution is 2.51. The Morgan fingerprint density at radius 2 is 1.83 bits per heavy atom. The van der Waals surface area contributed by atoms with Gasteiger partial charge in [0.25, 0.3) is 0 Å². The summed E-state index contributed by atoms with van der Waals surface area (Å²) in [6.07, 6.45) is 1.71. The molecule has 136 valence electrons. The third-order valence-corrected chi connectivity index (χ3v) is 4.58. The maximum Gasteiger partial charge on any atom is 0.407 e. The zero-order chi connectivity index (χ0) is 18.1. The van der Waals surface area contributed by atoms with Crippen molar-refractivity contribution in [1.29, 1.82) is 0 Å². The average Bonchev–Trinajstić information content (AvgIpc) is 3.15. The van der Waals surface area contributed by atoms with Crippen LogP contribution < -0.4 is 5.32 Å². The number of aliphatic carboxylic acids is 1. The van der Waals surface area contributed by atoms with Gasteiger partial charge in [-0.3, -0.25) is 9.59 Å². The van der Waals surface area contributed by atoms with Crippen molar-refractivity contribution in [2.45, 2.75) is 77.5 Å². The lowest BCUT2D eigenvalue weighted by molar-refractivity contribution is -0.169. The number of carboxylic acid groups (broad SMARTS) is 1. The number of nitrogens with one attached hydrogen (secondary N) is 1. The van der Waals surface area contributed by atoms with Gasteiger partial charge in [0, 0.05) is 13.0 Å². The Balaban J connectivity index is 2.08. The van der Waals surface area contributed by atoms with Gasteiger partial charge in [-0.2, -0.15) is 0 Å². The molecule has 1 unspecified atom stereocenters. The zero-order valence-electron chi connectivity index (χ0n) is 14.8. The van der Waals surface area contributed by atoms with Gasteiger partial charge in [-0.15, -0.1) is 0 Å². The van der Waals surface area contributed by atoms with Crippen LogP contribution in [0.2, 0.25) is 0 Å². The smallest absolute Gasteiger partial charge is 0.407 e. The van der Waals surface area contributed by atoms with Crippen molar-refractivity contribution in [2.24, 2.45) is 11.3 Å². The Hall–Kier alpha value is -1.79. The minimum absolute atomic E-state index is 0.102. The number of carboxylic acids is 1. The molecule has 2 fully saturated rings. The van der Waals surface area contributed by atoms with Crippen LogP contribution >= 0.6 is 0 Å². The van der Waals surface area contributed by atoms with E-state index in [2.05, 4.69) is 5.32 Å². The Labute approximate surface area is 142 Å². The van der Waals surface area contributed by atoms with E-state index in [9.17, 15) is 19.5 Å². The number of carbonyl (C=O) groups excluding carboxylic acids is 2. The molecule has 0 heterocycles. The molecular weight excluding hydrogens is 314 g/mol. The molecule has 2 saturated carbocycles. The highest BCUT2D eigenvalue weighted by molar-refractivity contribution is 5.77. The first-order valence-corrected chi connectivity index (χ1v) is 8.43. The molecule has 0 aromatic rings. The van der Waals surface area contributed by atoms with Crippen LogP contribution in [0.1, 0.15) is 59.8 Å². The monoisotopic (exact) mass is 341 g/mol. The van der Waals surface area contributed by atoms with Crippen molar-refractivity contribution >= 4 is 18.0 Å². The van der Waals surface area contributed by atoms with Crippen LogP contribution in [0, 0.1) is 11.3 Å². The first kappa shape index (κ1) is 18.5. The number of ether oxygens (including phenoxy) is 2. The van der Waals surface area contributed by atoms with Crippen molar-refractivity contribution < 1.29 is 29.0 Å². The fourth-order valence-electron chi connectivity index (χ4n) is 3.49. The van der Waals surface area contributed by atoms with E-state index in [1.807, 2.05) is 0 Å². The normalized spacial score (nSPS) is 28.1. The maximum atomic E-state index is 12.0. The minimum Gasteiger partial charge on any atom is -0.481 e. The Kier molecular flexibility index (Phi) is 5.11. The fraction of sp³-hybridized carbons (Fsp3) is 0.824. The van der Waals surface area contributed by atoms with Gasteiger partial charge in [0.05, 0.1) is 0 Å². The molecule has 7 nitrogen and oxygen atoms in total. The van der Waals surface area contributed by atoms with Crippen LogP contribution in [-0.2, 0) is 19.1 Å². The van der Waals surface area contributed by atoms with Crippen molar-refractivity contribution in [2.75, 3.05) is 0 Å². The molecule has 1 amide bonds. The Morgan fingerprint density at radius 3 is 2.29 bits per heavy atom. The lowest BCUT2D eigenvalue weighted by atomic mass is 9.77. The topological polar surface area (TPSA) is 102 Å². The van der Waals surface area contributed by atoms with Gasteiger partial charge in [0.2, 0.25) is 0 Å². The first-order chi connectivity index (χ1) is 11.0. The molecule has 2 rings (SSSR count). The summed E-state index contributed by atoms with van der Waals surface area (Å²) in [6.45, 7) is 6.61. The summed E-state index contributed by atoms with van der Waals surface area (Å²) >= 11 is 0. The molecule has 3 atom stereocenters. The third kappa shape index (κ3) is 4.39. The first-order valence-electron chi connectivity index (χ1n) is 8.43. The number of hydrogen-bond acceptors (Lipinski definition) is 5. The quantitative estimate of drug-likeness (QED) is 0.745. The molecule has 0 spiro atoms.